The molecule has 0 atom stereocenters. The van der Waals surface area contributed by atoms with Crippen molar-refractivity contribution in [2.75, 3.05) is 6.61 Å². The fraction of sp³-hybridized carbons (Fsp3) is 0.0714. The van der Waals surface area contributed by atoms with Crippen LogP contribution in [0.2, 0.25) is 0 Å². The van der Waals surface area contributed by atoms with E-state index in [2.05, 4.69) is 31.4 Å². The molecule has 0 bridgehead atoms. The summed E-state index contributed by atoms with van der Waals surface area (Å²) in [7, 11) is 0. The van der Waals surface area contributed by atoms with E-state index in [0.29, 0.717) is 5.75 Å². The van der Waals surface area contributed by atoms with Gasteiger partial charge in [-0.05, 0) is 34.1 Å². The first kappa shape index (κ1) is 14.2. The number of carbonyl (C=O) groups is 1. The van der Waals surface area contributed by atoms with Crippen LogP contribution in [0.25, 0.3) is 0 Å². The molecule has 0 saturated carbocycles. The maximum absolute atomic E-state index is 11.5. The van der Waals surface area contributed by atoms with Crippen LogP contribution in [-0.2, 0) is 4.79 Å². The number of carbonyl (C=O) groups excluding carboxylic acids is 1. The number of amides is 1. The molecule has 0 spiro atoms. The molecule has 1 heterocycles. The molecular formula is C14H12BrN3O2. The normalized spacial score (nSPS) is 10.4. The molecule has 2 aromatic rings. The molecule has 1 amide bonds. The van der Waals surface area contributed by atoms with Gasteiger partial charge < -0.3 is 4.74 Å². The molecule has 1 N–H and O–H groups in total. The summed E-state index contributed by atoms with van der Waals surface area (Å²) in [4.78, 5) is 15.5. The Bertz CT molecular complexity index is 602. The predicted molar refractivity (Wildman–Crippen MR) is 79.6 cm³/mol. The lowest BCUT2D eigenvalue weighted by Crippen LogP contribution is -2.24. The Morgan fingerprint density at radius 1 is 1.35 bits per heavy atom. The summed E-state index contributed by atoms with van der Waals surface area (Å²) in [5.41, 5.74) is 3.19. The highest BCUT2D eigenvalue weighted by atomic mass is 79.9. The summed E-state index contributed by atoms with van der Waals surface area (Å²) in [5, 5.41) is 3.82. The highest BCUT2D eigenvalue weighted by Gasteiger charge is 2.03. The zero-order chi connectivity index (χ0) is 14.2. The molecule has 0 saturated heterocycles. The van der Waals surface area contributed by atoms with Crippen molar-refractivity contribution in [3.63, 3.8) is 0 Å². The lowest BCUT2D eigenvalue weighted by molar-refractivity contribution is -0.123. The van der Waals surface area contributed by atoms with Crippen LogP contribution in [0.3, 0.4) is 0 Å². The number of ether oxygens (including phenoxy) is 1. The number of para-hydroxylation sites is 1. The lowest BCUT2D eigenvalue weighted by Gasteiger charge is -2.06. The third-order valence-electron chi connectivity index (χ3n) is 2.28. The molecule has 20 heavy (non-hydrogen) atoms. The summed E-state index contributed by atoms with van der Waals surface area (Å²) in [6, 6.07) is 10.9. The van der Waals surface area contributed by atoms with Gasteiger partial charge in [0.15, 0.2) is 6.61 Å². The van der Waals surface area contributed by atoms with Crippen LogP contribution in [0, 0.1) is 0 Å². The third kappa shape index (κ3) is 4.47. The number of rotatable bonds is 5. The molecule has 0 aliphatic carbocycles. The second-order valence-electron chi connectivity index (χ2n) is 3.80. The van der Waals surface area contributed by atoms with E-state index in [9.17, 15) is 4.79 Å². The van der Waals surface area contributed by atoms with Gasteiger partial charge in [-0.2, -0.15) is 5.10 Å². The molecule has 1 aromatic heterocycles. The molecule has 0 aliphatic rings. The van der Waals surface area contributed by atoms with Crippen LogP contribution in [-0.4, -0.2) is 23.7 Å². The summed E-state index contributed by atoms with van der Waals surface area (Å²) < 4.78 is 6.15. The number of aromatic nitrogens is 1. The van der Waals surface area contributed by atoms with Crippen LogP contribution in [0.5, 0.6) is 5.75 Å². The lowest BCUT2D eigenvalue weighted by atomic mass is 10.3. The minimum atomic E-state index is -0.333. The summed E-state index contributed by atoms with van der Waals surface area (Å²) in [6.45, 7) is -0.104. The molecule has 0 unspecified atom stereocenters. The standard InChI is InChI=1S/C14H12BrN3O2/c15-12-5-1-2-6-13(12)20-10-14(19)18-17-9-11-4-3-7-16-8-11/h1-9H,10H2,(H,18,19)/b17-9+. The Labute approximate surface area is 124 Å². The number of hydrogen-bond donors (Lipinski definition) is 1. The van der Waals surface area contributed by atoms with Crippen molar-refractivity contribution in [3.05, 3.63) is 58.8 Å². The Hall–Kier alpha value is -2.21. The number of hydrazone groups is 1. The van der Waals surface area contributed by atoms with Gasteiger partial charge in [0.25, 0.3) is 5.91 Å². The summed E-state index contributed by atoms with van der Waals surface area (Å²) in [5.74, 6) is 0.278. The Balaban J connectivity index is 1.79. The quantitative estimate of drug-likeness (QED) is 0.674. The number of nitrogens with one attached hydrogen (secondary N) is 1. The smallest absolute Gasteiger partial charge is 0.277 e. The van der Waals surface area contributed by atoms with Gasteiger partial charge in [-0.25, -0.2) is 5.43 Å². The Morgan fingerprint density at radius 3 is 2.95 bits per heavy atom. The molecule has 0 radical (unpaired) electrons. The van der Waals surface area contributed by atoms with E-state index >= 15 is 0 Å². The Kier molecular flexibility index (Phi) is 5.25. The van der Waals surface area contributed by atoms with E-state index in [1.807, 2.05) is 24.3 Å². The molecule has 102 valence electrons. The highest BCUT2D eigenvalue weighted by molar-refractivity contribution is 9.10. The van der Waals surface area contributed by atoms with E-state index < -0.39 is 0 Å². The first-order chi connectivity index (χ1) is 9.75. The van der Waals surface area contributed by atoms with Crippen LogP contribution in [0.15, 0.2) is 58.4 Å². The number of pyridine rings is 1. The van der Waals surface area contributed by atoms with Gasteiger partial charge in [-0.15, -0.1) is 0 Å². The third-order valence-corrected chi connectivity index (χ3v) is 2.94. The fourth-order valence-electron chi connectivity index (χ4n) is 1.37. The Morgan fingerprint density at radius 2 is 2.20 bits per heavy atom. The maximum Gasteiger partial charge on any atom is 0.277 e. The molecule has 6 heteroatoms. The second-order valence-corrected chi connectivity index (χ2v) is 4.65. The average molecular weight is 334 g/mol. The van der Waals surface area contributed by atoms with E-state index in [0.717, 1.165) is 10.0 Å². The molecular weight excluding hydrogens is 322 g/mol. The summed E-state index contributed by atoms with van der Waals surface area (Å²) >= 11 is 3.34. The second kappa shape index (κ2) is 7.40. The van der Waals surface area contributed by atoms with Crippen molar-refractivity contribution < 1.29 is 9.53 Å². The van der Waals surface area contributed by atoms with Gasteiger partial charge >= 0.3 is 0 Å². The monoisotopic (exact) mass is 333 g/mol. The van der Waals surface area contributed by atoms with Gasteiger partial charge in [0.1, 0.15) is 5.75 Å². The van der Waals surface area contributed by atoms with Gasteiger partial charge in [0, 0.05) is 18.0 Å². The first-order valence-corrected chi connectivity index (χ1v) is 6.64. The number of halogens is 1. The minimum absolute atomic E-state index is 0.104. The SMILES string of the molecule is O=C(COc1ccccc1Br)N/N=C/c1cccnc1. The van der Waals surface area contributed by atoms with Crippen LogP contribution in [0.1, 0.15) is 5.56 Å². The van der Waals surface area contributed by atoms with Crippen molar-refractivity contribution in [1.29, 1.82) is 0 Å². The van der Waals surface area contributed by atoms with Crippen molar-refractivity contribution in [2.24, 2.45) is 5.10 Å². The van der Waals surface area contributed by atoms with Crippen LogP contribution in [0.4, 0.5) is 0 Å². The molecule has 2 rings (SSSR count). The van der Waals surface area contributed by atoms with Gasteiger partial charge in [0.2, 0.25) is 0 Å². The first-order valence-electron chi connectivity index (χ1n) is 5.85. The average Bonchev–Trinajstić information content (AvgIpc) is 2.47. The van der Waals surface area contributed by atoms with E-state index in [4.69, 9.17) is 4.74 Å². The van der Waals surface area contributed by atoms with Crippen molar-refractivity contribution >= 4 is 28.1 Å². The van der Waals surface area contributed by atoms with Crippen molar-refractivity contribution in [1.82, 2.24) is 10.4 Å². The van der Waals surface area contributed by atoms with Crippen molar-refractivity contribution in [2.45, 2.75) is 0 Å². The number of nitrogens with zero attached hydrogens (tertiary/aromatic N) is 2. The molecule has 1 aromatic carbocycles. The van der Waals surface area contributed by atoms with E-state index in [1.165, 1.54) is 6.21 Å². The fourth-order valence-corrected chi connectivity index (χ4v) is 1.77. The number of hydrogen-bond acceptors (Lipinski definition) is 4. The van der Waals surface area contributed by atoms with Gasteiger partial charge in [0.05, 0.1) is 10.7 Å². The number of benzene rings is 1. The van der Waals surface area contributed by atoms with Crippen LogP contribution < -0.4 is 10.2 Å². The molecule has 5 nitrogen and oxygen atoms in total. The van der Waals surface area contributed by atoms with E-state index in [-0.39, 0.29) is 12.5 Å². The minimum Gasteiger partial charge on any atom is -0.483 e. The van der Waals surface area contributed by atoms with E-state index in [1.54, 1.807) is 24.5 Å². The highest BCUT2D eigenvalue weighted by Crippen LogP contribution is 2.23. The topological polar surface area (TPSA) is 63.6 Å². The largest absolute Gasteiger partial charge is 0.483 e. The predicted octanol–water partition coefficient (Wildman–Crippen LogP) is 2.37. The summed E-state index contributed by atoms with van der Waals surface area (Å²) in [6.07, 6.45) is 4.83. The maximum atomic E-state index is 11.5. The van der Waals surface area contributed by atoms with Gasteiger partial charge in [-0.1, -0.05) is 18.2 Å². The zero-order valence-corrected chi connectivity index (χ0v) is 12.1. The zero-order valence-electron chi connectivity index (χ0n) is 10.5. The van der Waals surface area contributed by atoms with Crippen LogP contribution >= 0.6 is 15.9 Å². The molecule has 0 fully saturated rings. The molecule has 0 aliphatic heterocycles. The van der Waals surface area contributed by atoms with Gasteiger partial charge in [-0.3, -0.25) is 9.78 Å². The van der Waals surface area contributed by atoms with Crippen molar-refractivity contribution in [3.8, 4) is 5.75 Å².